The van der Waals surface area contributed by atoms with Gasteiger partial charge in [-0.3, -0.25) is 0 Å². The summed E-state index contributed by atoms with van der Waals surface area (Å²) in [6, 6.07) is 6.24. The van der Waals surface area contributed by atoms with Crippen LogP contribution >= 0.6 is 15.9 Å². The third kappa shape index (κ3) is 3.35. The number of benzene rings is 1. The van der Waals surface area contributed by atoms with Crippen LogP contribution in [-0.4, -0.2) is 11.7 Å². The van der Waals surface area contributed by atoms with Crippen molar-refractivity contribution in [3.8, 4) is 0 Å². The second-order valence-electron chi connectivity index (χ2n) is 7.09. The number of rotatable bonds is 1. The zero-order chi connectivity index (χ0) is 15.1. The van der Waals surface area contributed by atoms with E-state index in [4.69, 9.17) is 4.74 Å². The number of halogens is 1. The van der Waals surface area contributed by atoms with Crippen molar-refractivity contribution in [1.29, 1.82) is 0 Å². The van der Waals surface area contributed by atoms with Crippen LogP contribution in [-0.2, 0) is 11.2 Å². The highest BCUT2D eigenvalue weighted by atomic mass is 79.9. The van der Waals surface area contributed by atoms with Gasteiger partial charge in [0.1, 0.15) is 5.60 Å². The predicted octanol–water partition coefficient (Wildman–Crippen LogP) is 4.60. The van der Waals surface area contributed by atoms with Gasteiger partial charge in [0, 0.05) is 4.47 Å². The summed E-state index contributed by atoms with van der Waals surface area (Å²) in [5.41, 5.74) is 1.97. The Morgan fingerprint density at radius 2 is 2.05 bits per heavy atom. The van der Waals surface area contributed by atoms with E-state index >= 15 is 0 Å². The lowest BCUT2D eigenvalue weighted by molar-refractivity contribution is 0.0465. The van der Waals surface area contributed by atoms with Gasteiger partial charge in [0.2, 0.25) is 0 Å². The van der Waals surface area contributed by atoms with Crippen LogP contribution in [0.5, 0.6) is 0 Å². The Bertz CT molecular complexity index is 532. The van der Waals surface area contributed by atoms with Gasteiger partial charge >= 0.3 is 6.09 Å². The van der Waals surface area contributed by atoms with Crippen LogP contribution in [0.2, 0.25) is 0 Å². The summed E-state index contributed by atoms with van der Waals surface area (Å²) < 4.78 is 6.41. The quantitative estimate of drug-likeness (QED) is 0.812. The first-order valence-electron chi connectivity index (χ1n) is 6.86. The molecule has 3 nitrogen and oxygen atoms in total. The lowest BCUT2D eigenvalue weighted by Crippen LogP contribution is -2.39. The van der Waals surface area contributed by atoms with Crippen LogP contribution in [0.3, 0.4) is 0 Å². The highest BCUT2D eigenvalue weighted by molar-refractivity contribution is 9.10. The molecule has 0 saturated heterocycles. The Kier molecular flexibility index (Phi) is 3.89. The van der Waals surface area contributed by atoms with E-state index in [1.54, 1.807) is 0 Å². The molecule has 1 unspecified atom stereocenters. The maximum Gasteiger partial charge on any atom is 0.408 e. The first kappa shape index (κ1) is 15.4. The van der Waals surface area contributed by atoms with E-state index in [0.717, 1.165) is 10.9 Å². The molecule has 2 rings (SSSR count). The summed E-state index contributed by atoms with van der Waals surface area (Å²) in [6.45, 7) is 9.95. The second-order valence-corrected chi connectivity index (χ2v) is 8.00. The average molecular weight is 340 g/mol. The van der Waals surface area contributed by atoms with Crippen molar-refractivity contribution in [1.82, 2.24) is 5.32 Å². The molecule has 0 fully saturated rings. The van der Waals surface area contributed by atoms with Gasteiger partial charge in [-0.15, -0.1) is 0 Å². The minimum atomic E-state index is -0.479. The standard InChI is InChI=1S/C16H22BrNO2/c1-15(2,3)20-14(19)18-13-12-8-11(17)7-6-10(12)9-16(13,4)5/h6-8,13H,9H2,1-5H3,(H,18,19). The van der Waals surface area contributed by atoms with Gasteiger partial charge in [0.05, 0.1) is 6.04 Å². The smallest absolute Gasteiger partial charge is 0.408 e. The minimum Gasteiger partial charge on any atom is -0.444 e. The fourth-order valence-electron chi connectivity index (χ4n) is 2.71. The first-order chi connectivity index (χ1) is 9.08. The summed E-state index contributed by atoms with van der Waals surface area (Å²) >= 11 is 3.50. The molecule has 1 amide bonds. The highest BCUT2D eigenvalue weighted by Gasteiger charge is 2.40. The topological polar surface area (TPSA) is 38.3 Å². The number of ether oxygens (including phenoxy) is 1. The van der Waals surface area contributed by atoms with Crippen LogP contribution in [0.25, 0.3) is 0 Å². The number of alkyl carbamates (subject to hydrolysis) is 1. The number of fused-ring (bicyclic) bond motifs is 1. The van der Waals surface area contributed by atoms with Crippen LogP contribution in [0, 0.1) is 5.41 Å². The normalized spacial score (nSPS) is 20.4. The van der Waals surface area contributed by atoms with Crippen LogP contribution < -0.4 is 5.32 Å². The fourth-order valence-corrected chi connectivity index (χ4v) is 3.09. The first-order valence-corrected chi connectivity index (χ1v) is 7.66. The van der Waals surface area contributed by atoms with E-state index < -0.39 is 5.60 Å². The molecule has 0 spiro atoms. The Labute approximate surface area is 129 Å². The van der Waals surface area contributed by atoms with Gasteiger partial charge in [-0.2, -0.15) is 0 Å². The van der Waals surface area contributed by atoms with E-state index in [0.29, 0.717) is 0 Å². The maximum atomic E-state index is 12.1. The summed E-state index contributed by atoms with van der Waals surface area (Å²) in [5, 5.41) is 3.03. The van der Waals surface area contributed by atoms with Gasteiger partial charge < -0.3 is 10.1 Å². The molecule has 1 aromatic carbocycles. The van der Waals surface area contributed by atoms with Gasteiger partial charge in [0.25, 0.3) is 0 Å². The van der Waals surface area contributed by atoms with Crippen molar-refractivity contribution in [3.05, 3.63) is 33.8 Å². The van der Waals surface area contributed by atoms with Crippen molar-refractivity contribution in [2.24, 2.45) is 5.41 Å². The molecule has 1 N–H and O–H groups in total. The van der Waals surface area contributed by atoms with Gasteiger partial charge in [-0.05, 0) is 55.9 Å². The van der Waals surface area contributed by atoms with Crippen LogP contribution in [0.4, 0.5) is 4.79 Å². The second kappa shape index (κ2) is 5.06. The Morgan fingerprint density at radius 1 is 1.40 bits per heavy atom. The summed E-state index contributed by atoms with van der Waals surface area (Å²) in [7, 11) is 0. The molecule has 1 atom stereocenters. The SMILES string of the molecule is CC(C)(C)OC(=O)NC1c2cc(Br)ccc2CC1(C)C. The monoisotopic (exact) mass is 339 g/mol. The molecule has 0 aliphatic heterocycles. The fraction of sp³-hybridized carbons (Fsp3) is 0.562. The molecule has 110 valence electrons. The molecule has 0 aromatic heterocycles. The molecular formula is C16H22BrNO2. The molecule has 0 heterocycles. The van der Waals surface area contributed by atoms with Crippen molar-refractivity contribution < 1.29 is 9.53 Å². The van der Waals surface area contributed by atoms with E-state index in [9.17, 15) is 4.79 Å². The summed E-state index contributed by atoms with van der Waals surface area (Å²) in [4.78, 5) is 12.1. The Morgan fingerprint density at radius 3 is 2.65 bits per heavy atom. The third-order valence-electron chi connectivity index (χ3n) is 3.51. The number of hydrogen-bond donors (Lipinski definition) is 1. The molecule has 0 bridgehead atoms. The van der Waals surface area contributed by atoms with E-state index in [1.807, 2.05) is 26.8 Å². The number of carbonyl (C=O) groups excluding carboxylic acids is 1. The molecule has 1 aliphatic carbocycles. The number of carbonyl (C=O) groups is 1. The van der Waals surface area contributed by atoms with Crippen molar-refractivity contribution >= 4 is 22.0 Å². The average Bonchev–Trinajstić information content (AvgIpc) is 2.48. The van der Waals surface area contributed by atoms with Crippen LogP contribution in [0.1, 0.15) is 51.8 Å². The lowest BCUT2D eigenvalue weighted by Gasteiger charge is -2.30. The third-order valence-corrected chi connectivity index (χ3v) is 4.00. The van der Waals surface area contributed by atoms with E-state index in [1.165, 1.54) is 11.1 Å². The zero-order valence-electron chi connectivity index (χ0n) is 12.7. The molecule has 0 saturated carbocycles. The lowest BCUT2D eigenvalue weighted by atomic mass is 9.85. The van der Waals surface area contributed by atoms with Crippen molar-refractivity contribution in [2.45, 2.75) is 52.7 Å². The minimum absolute atomic E-state index is 0.0139. The van der Waals surface area contributed by atoms with E-state index in [-0.39, 0.29) is 17.6 Å². The zero-order valence-corrected chi connectivity index (χ0v) is 14.3. The molecule has 0 radical (unpaired) electrons. The predicted molar refractivity (Wildman–Crippen MR) is 83.7 cm³/mol. The van der Waals surface area contributed by atoms with E-state index in [2.05, 4.69) is 47.2 Å². The number of hydrogen-bond acceptors (Lipinski definition) is 2. The highest BCUT2D eigenvalue weighted by Crippen LogP contribution is 2.45. The van der Waals surface area contributed by atoms with Crippen molar-refractivity contribution in [3.63, 3.8) is 0 Å². The van der Waals surface area contributed by atoms with Crippen molar-refractivity contribution in [2.75, 3.05) is 0 Å². The summed E-state index contributed by atoms with van der Waals surface area (Å²) in [6.07, 6.45) is 0.596. The molecular weight excluding hydrogens is 318 g/mol. The molecule has 4 heteroatoms. The molecule has 1 aromatic rings. The summed E-state index contributed by atoms with van der Waals surface area (Å²) in [5.74, 6) is 0. The van der Waals surface area contributed by atoms with Gasteiger partial charge in [-0.25, -0.2) is 4.79 Å². The van der Waals surface area contributed by atoms with Gasteiger partial charge in [-0.1, -0.05) is 35.8 Å². The van der Waals surface area contributed by atoms with Crippen LogP contribution in [0.15, 0.2) is 22.7 Å². The number of amides is 1. The number of nitrogens with one attached hydrogen (secondary N) is 1. The maximum absolute atomic E-state index is 12.1. The molecule has 20 heavy (non-hydrogen) atoms. The Hall–Kier alpha value is -1.03. The van der Waals surface area contributed by atoms with Gasteiger partial charge in [0.15, 0.2) is 0 Å². The largest absolute Gasteiger partial charge is 0.444 e. The molecule has 1 aliphatic rings. The Balaban J connectivity index is 2.23.